The monoisotopic (exact) mass is 290 g/mol. The molecule has 104 valence electrons. The summed E-state index contributed by atoms with van der Waals surface area (Å²) >= 11 is 5.96. The molecule has 5 heteroatoms. The van der Waals surface area contributed by atoms with Crippen LogP contribution in [0.2, 0.25) is 5.02 Å². The van der Waals surface area contributed by atoms with E-state index < -0.39 is 0 Å². The third-order valence-electron chi connectivity index (χ3n) is 2.78. The summed E-state index contributed by atoms with van der Waals surface area (Å²) in [5, 5.41) is 15.8. The summed E-state index contributed by atoms with van der Waals surface area (Å²) < 4.78 is 0. The molecule has 0 atom stereocenters. The fourth-order valence-corrected chi connectivity index (χ4v) is 1.86. The number of phenolic OH excluding ortho intramolecular Hbond substituents is 1. The van der Waals surface area contributed by atoms with Crippen LogP contribution in [0.4, 0.5) is 11.4 Å². The van der Waals surface area contributed by atoms with Crippen LogP contribution in [0.5, 0.6) is 5.75 Å². The van der Waals surface area contributed by atoms with Gasteiger partial charge < -0.3 is 15.7 Å². The molecule has 2 aromatic carbocycles. The van der Waals surface area contributed by atoms with Crippen LogP contribution in [0.15, 0.2) is 42.5 Å². The third kappa shape index (κ3) is 3.65. The molecular formula is C15H15ClN2O2. The summed E-state index contributed by atoms with van der Waals surface area (Å²) in [6.45, 7) is 1.89. The molecule has 0 aliphatic carbocycles. The van der Waals surface area contributed by atoms with Crippen molar-refractivity contribution in [3.05, 3.63) is 53.1 Å². The van der Waals surface area contributed by atoms with Gasteiger partial charge in [0.25, 0.3) is 0 Å². The number of phenols is 1. The predicted octanol–water partition coefficient (Wildman–Crippen LogP) is 3.40. The zero-order valence-corrected chi connectivity index (χ0v) is 11.7. The Morgan fingerprint density at radius 2 is 1.95 bits per heavy atom. The second-order valence-corrected chi connectivity index (χ2v) is 4.79. The Morgan fingerprint density at radius 3 is 2.65 bits per heavy atom. The lowest BCUT2D eigenvalue weighted by Gasteiger charge is -2.10. The smallest absolute Gasteiger partial charge is 0.243 e. The number of amides is 1. The number of nitrogens with one attached hydrogen (secondary N) is 2. The molecule has 2 rings (SSSR count). The molecule has 0 aromatic heterocycles. The van der Waals surface area contributed by atoms with Crippen molar-refractivity contribution in [3.63, 3.8) is 0 Å². The molecule has 0 saturated carbocycles. The Bertz CT molecular complexity index is 615. The molecule has 0 radical (unpaired) electrons. The molecule has 0 fully saturated rings. The number of hydrogen-bond acceptors (Lipinski definition) is 3. The molecule has 20 heavy (non-hydrogen) atoms. The van der Waals surface area contributed by atoms with Gasteiger partial charge in [-0.15, -0.1) is 0 Å². The maximum absolute atomic E-state index is 11.8. The SMILES string of the molecule is Cc1cc(O)c(NC(=O)CNc2ccccc2)cc1Cl. The first-order valence-corrected chi connectivity index (χ1v) is 6.52. The average molecular weight is 291 g/mol. The van der Waals surface area contributed by atoms with Crippen molar-refractivity contribution in [3.8, 4) is 5.75 Å². The summed E-state index contributed by atoms with van der Waals surface area (Å²) in [7, 11) is 0. The summed E-state index contributed by atoms with van der Waals surface area (Å²) in [5.74, 6) is -0.260. The largest absolute Gasteiger partial charge is 0.506 e. The van der Waals surface area contributed by atoms with Crippen LogP contribution in [0.1, 0.15) is 5.56 Å². The van der Waals surface area contributed by atoms with E-state index >= 15 is 0 Å². The molecule has 3 N–H and O–H groups in total. The van der Waals surface area contributed by atoms with Gasteiger partial charge in [-0.25, -0.2) is 0 Å². The van der Waals surface area contributed by atoms with E-state index in [1.165, 1.54) is 12.1 Å². The lowest BCUT2D eigenvalue weighted by atomic mass is 10.2. The van der Waals surface area contributed by atoms with Crippen molar-refractivity contribution < 1.29 is 9.90 Å². The van der Waals surface area contributed by atoms with Gasteiger partial charge in [0.2, 0.25) is 5.91 Å². The zero-order chi connectivity index (χ0) is 14.5. The average Bonchev–Trinajstić information content (AvgIpc) is 2.44. The van der Waals surface area contributed by atoms with E-state index in [9.17, 15) is 9.90 Å². The number of anilines is 2. The normalized spacial score (nSPS) is 10.1. The van der Waals surface area contributed by atoms with Gasteiger partial charge in [0, 0.05) is 10.7 Å². The fraction of sp³-hybridized carbons (Fsp3) is 0.133. The van der Waals surface area contributed by atoms with Gasteiger partial charge in [0.15, 0.2) is 0 Å². The van der Waals surface area contributed by atoms with E-state index in [4.69, 9.17) is 11.6 Å². The zero-order valence-electron chi connectivity index (χ0n) is 11.0. The summed E-state index contributed by atoms with van der Waals surface area (Å²) in [4.78, 5) is 11.8. The Morgan fingerprint density at radius 1 is 1.25 bits per heavy atom. The summed E-state index contributed by atoms with van der Waals surface area (Å²) in [6, 6.07) is 12.4. The first kappa shape index (κ1) is 14.2. The van der Waals surface area contributed by atoms with Crippen molar-refractivity contribution in [2.75, 3.05) is 17.2 Å². The van der Waals surface area contributed by atoms with Gasteiger partial charge in [0.1, 0.15) is 5.75 Å². The van der Waals surface area contributed by atoms with Crippen molar-refractivity contribution in [1.82, 2.24) is 0 Å². The molecule has 0 spiro atoms. The summed E-state index contributed by atoms with van der Waals surface area (Å²) in [6.07, 6.45) is 0. The van der Waals surface area contributed by atoms with Gasteiger partial charge in [-0.2, -0.15) is 0 Å². The second kappa shape index (κ2) is 6.30. The van der Waals surface area contributed by atoms with Gasteiger partial charge in [-0.05, 0) is 36.8 Å². The van der Waals surface area contributed by atoms with Crippen LogP contribution in [0.3, 0.4) is 0 Å². The molecular weight excluding hydrogens is 276 g/mol. The minimum atomic E-state index is -0.260. The van der Waals surface area contributed by atoms with E-state index in [0.717, 1.165) is 11.3 Å². The Labute approximate surface area is 122 Å². The molecule has 0 aliphatic rings. The maximum atomic E-state index is 11.8. The number of aryl methyl sites for hydroxylation is 1. The molecule has 2 aromatic rings. The molecule has 0 unspecified atom stereocenters. The quantitative estimate of drug-likeness (QED) is 0.756. The van der Waals surface area contributed by atoms with Gasteiger partial charge in [-0.1, -0.05) is 29.8 Å². The number of carbonyl (C=O) groups excluding carboxylic acids is 1. The molecule has 0 saturated heterocycles. The molecule has 4 nitrogen and oxygen atoms in total. The van der Waals surface area contributed by atoms with Gasteiger partial charge in [-0.3, -0.25) is 4.79 Å². The fourth-order valence-electron chi connectivity index (χ4n) is 1.70. The van der Waals surface area contributed by atoms with Gasteiger partial charge in [0.05, 0.1) is 12.2 Å². The first-order chi connectivity index (χ1) is 9.56. The lowest BCUT2D eigenvalue weighted by molar-refractivity contribution is -0.114. The highest BCUT2D eigenvalue weighted by Gasteiger charge is 2.08. The highest BCUT2D eigenvalue weighted by molar-refractivity contribution is 6.31. The Hall–Kier alpha value is -2.20. The van der Waals surface area contributed by atoms with E-state index in [0.29, 0.717) is 10.7 Å². The number of halogens is 1. The number of carbonyl (C=O) groups is 1. The summed E-state index contributed by atoms with van der Waals surface area (Å²) in [5.41, 5.74) is 1.92. The standard InChI is InChI=1S/C15H15ClN2O2/c1-10-7-14(19)13(8-12(10)16)18-15(20)9-17-11-5-3-2-4-6-11/h2-8,17,19H,9H2,1H3,(H,18,20). The maximum Gasteiger partial charge on any atom is 0.243 e. The predicted molar refractivity (Wildman–Crippen MR) is 81.4 cm³/mol. The van der Waals surface area contributed by atoms with Gasteiger partial charge >= 0.3 is 0 Å². The van der Waals surface area contributed by atoms with Crippen LogP contribution in [-0.4, -0.2) is 17.6 Å². The Balaban J connectivity index is 1.97. The number of benzene rings is 2. The van der Waals surface area contributed by atoms with Crippen molar-refractivity contribution in [2.45, 2.75) is 6.92 Å². The van der Waals surface area contributed by atoms with Crippen molar-refractivity contribution in [1.29, 1.82) is 0 Å². The molecule has 0 bridgehead atoms. The van der Waals surface area contributed by atoms with Crippen LogP contribution >= 0.6 is 11.6 Å². The number of para-hydroxylation sites is 1. The molecule has 0 heterocycles. The first-order valence-electron chi connectivity index (χ1n) is 6.14. The molecule has 0 aliphatic heterocycles. The number of hydrogen-bond donors (Lipinski definition) is 3. The molecule has 1 amide bonds. The number of aromatic hydroxyl groups is 1. The second-order valence-electron chi connectivity index (χ2n) is 4.39. The van der Waals surface area contributed by atoms with Crippen molar-refractivity contribution >= 4 is 28.9 Å². The van der Waals surface area contributed by atoms with Crippen LogP contribution < -0.4 is 10.6 Å². The van der Waals surface area contributed by atoms with E-state index in [2.05, 4.69) is 10.6 Å². The van der Waals surface area contributed by atoms with E-state index in [1.54, 1.807) is 6.92 Å². The minimum Gasteiger partial charge on any atom is -0.506 e. The van der Waals surface area contributed by atoms with Crippen LogP contribution in [0, 0.1) is 6.92 Å². The van der Waals surface area contributed by atoms with Crippen LogP contribution in [0.25, 0.3) is 0 Å². The highest BCUT2D eigenvalue weighted by Crippen LogP contribution is 2.29. The highest BCUT2D eigenvalue weighted by atomic mass is 35.5. The van der Waals surface area contributed by atoms with E-state index in [1.807, 2.05) is 30.3 Å². The number of rotatable bonds is 4. The third-order valence-corrected chi connectivity index (χ3v) is 3.19. The minimum absolute atomic E-state index is 0.0000360. The Kier molecular flexibility index (Phi) is 4.48. The van der Waals surface area contributed by atoms with E-state index in [-0.39, 0.29) is 18.2 Å². The lowest BCUT2D eigenvalue weighted by Crippen LogP contribution is -2.21. The topological polar surface area (TPSA) is 61.4 Å². The van der Waals surface area contributed by atoms with Crippen molar-refractivity contribution in [2.24, 2.45) is 0 Å². The van der Waals surface area contributed by atoms with Crippen LogP contribution in [-0.2, 0) is 4.79 Å².